The molecule has 1 heterocycles. The number of aryl methyl sites for hydroxylation is 1. The molecule has 1 aromatic rings. The number of hydrogen-bond acceptors (Lipinski definition) is 6. The lowest BCUT2D eigenvalue weighted by atomic mass is 10.2. The number of ether oxygens (including phenoxy) is 1. The first-order valence-corrected chi connectivity index (χ1v) is 10.9. The van der Waals surface area contributed by atoms with Crippen LogP contribution in [0.3, 0.4) is 0 Å². The Kier molecular flexibility index (Phi) is 5.83. The van der Waals surface area contributed by atoms with Crippen LogP contribution in [0.1, 0.15) is 12.5 Å². The normalized spacial score (nSPS) is 23.9. The lowest BCUT2D eigenvalue weighted by molar-refractivity contribution is 0.196. The highest BCUT2D eigenvalue weighted by atomic mass is 32.2. The van der Waals surface area contributed by atoms with E-state index in [-0.39, 0.29) is 16.4 Å². The van der Waals surface area contributed by atoms with Gasteiger partial charge in [-0.25, -0.2) is 16.8 Å². The second kappa shape index (κ2) is 7.29. The molecule has 0 aliphatic carbocycles. The van der Waals surface area contributed by atoms with Gasteiger partial charge in [0, 0.05) is 19.7 Å². The first kappa shape index (κ1) is 18.4. The summed E-state index contributed by atoms with van der Waals surface area (Å²) in [6.07, 6.45) is 0.819. The smallest absolute Gasteiger partial charge is 0.183 e. The summed E-state index contributed by atoms with van der Waals surface area (Å²) in [4.78, 5) is 0.176. The predicted molar refractivity (Wildman–Crippen MR) is 89.1 cm³/mol. The fourth-order valence-corrected chi connectivity index (χ4v) is 7.46. The van der Waals surface area contributed by atoms with Crippen molar-refractivity contribution in [1.29, 1.82) is 0 Å². The van der Waals surface area contributed by atoms with Crippen molar-refractivity contribution >= 4 is 19.7 Å². The van der Waals surface area contributed by atoms with Gasteiger partial charge in [0.1, 0.15) is 0 Å². The van der Waals surface area contributed by atoms with E-state index in [1.54, 1.807) is 24.3 Å². The standard InChI is InChI=1S/C15H23NO5S2/c1-3-12-4-6-13(7-5-12)23(19,20)15-11-22(17,18)10-14(15)16-8-9-21-2/h4-7,14-16H,3,8-11H2,1-2H3/t14-,15+/m1/s1. The number of nitrogens with one attached hydrogen (secondary N) is 1. The molecule has 2 rings (SSSR count). The second-order valence-electron chi connectivity index (χ2n) is 5.71. The van der Waals surface area contributed by atoms with Crippen molar-refractivity contribution in [1.82, 2.24) is 5.32 Å². The van der Waals surface area contributed by atoms with Crippen molar-refractivity contribution < 1.29 is 21.6 Å². The Labute approximate surface area is 138 Å². The lowest BCUT2D eigenvalue weighted by Gasteiger charge is -2.20. The zero-order chi connectivity index (χ0) is 17.1. The third kappa shape index (κ3) is 4.32. The average Bonchev–Trinajstić information content (AvgIpc) is 2.83. The Morgan fingerprint density at radius 1 is 1.22 bits per heavy atom. The Morgan fingerprint density at radius 2 is 1.87 bits per heavy atom. The average molecular weight is 361 g/mol. The van der Waals surface area contributed by atoms with Gasteiger partial charge in [0.15, 0.2) is 19.7 Å². The first-order valence-electron chi connectivity index (χ1n) is 7.55. The summed E-state index contributed by atoms with van der Waals surface area (Å²) in [5, 5.41) is 2.04. The number of sulfone groups is 2. The van der Waals surface area contributed by atoms with Crippen molar-refractivity contribution in [2.45, 2.75) is 29.5 Å². The van der Waals surface area contributed by atoms with Gasteiger partial charge in [-0.1, -0.05) is 19.1 Å². The SMILES string of the molecule is CCc1ccc(S(=O)(=O)[C@H]2CS(=O)(=O)C[C@H]2NCCOC)cc1. The number of methoxy groups -OCH3 is 1. The lowest BCUT2D eigenvalue weighted by Crippen LogP contribution is -2.44. The molecule has 1 aliphatic heterocycles. The molecule has 0 amide bonds. The summed E-state index contributed by atoms with van der Waals surface area (Å²) < 4.78 is 54.4. The number of rotatable bonds is 7. The third-order valence-corrected chi connectivity index (χ3v) is 8.24. The number of hydrogen-bond donors (Lipinski definition) is 1. The number of benzene rings is 1. The van der Waals surface area contributed by atoms with Crippen LogP contribution in [-0.4, -0.2) is 59.9 Å². The van der Waals surface area contributed by atoms with Crippen LogP contribution >= 0.6 is 0 Å². The minimum absolute atomic E-state index is 0.159. The molecule has 1 saturated heterocycles. The molecule has 0 saturated carbocycles. The van der Waals surface area contributed by atoms with E-state index in [9.17, 15) is 16.8 Å². The molecule has 1 fully saturated rings. The van der Waals surface area contributed by atoms with Crippen molar-refractivity contribution in [2.75, 3.05) is 31.8 Å². The molecule has 1 N–H and O–H groups in total. The molecular weight excluding hydrogens is 338 g/mol. The van der Waals surface area contributed by atoms with Crippen LogP contribution in [0.25, 0.3) is 0 Å². The maximum Gasteiger partial charge on any atom is 0.183 e. The first-order chi connectivity index (χ1) is 10.8. The predicted octanol–water partition coefficient (Wildman–Crippen LogP) is 0.424. The fraction of sp³-hybridized carbons (Fsp3) is 0.600. The maximum absolute atomic E-state index is 12.8. The second-order valence-corrected chi connectivity index (χ2v) is 10.0. The molecule has 6 nitrogen and oxygen atoms in total. The summed E-state index contributed by atoms with van der Waals surface area (Å²) in [6, 6.07) is 6.05. The van der Waals surface area contributed by atoms with Crippen molar-refractivity contribution in [3.63, 3.8) is 0 Å². The molecule has 0 radical (unpaired) electrons. The van der Waals surface area contributed by atoms with Crippen LogP contribution < -0.4 is 5.32 Å². The highest BCUT2D eigenvalue weighted by Gasteiger charge is 2.45. The summed E-state index contributed by atoms with van der Waals surface area (Å²) >= 11 is 0. The Balaban J connectivity index is 2.27. The van der Waals surface area contributed by atoms with E-state index < -0.39 is 31.0 Å². The van der Waals surface area contributed by atoms with Crippen molar-refractivity contribution in [2.24, 2.45) is 0 Å². The van der Waals surface area contributed by atoms with Crippen LogP contribution in [0, 0.1) is 0 Å². The highest BCUT2D eigenvalue weighted by molar-refractivity contribution is 7.96. The van der Waals surface area contributed by atoms with E-state index in [1.807, 2.05) is 6.92 Å². The zero-order valence-corrected chi connectivity index (χ0v) is 15.0. The van der Waals surface area contributed by atoms with E-state index >= 15 is 0 Å². The molecule has 0 bridgehead atoms. The molecular formula is C15H23NO5S2. The van der Waals surface area contributed by atoms with Gasteiger partial charge in [-0.15, -0.1) is 0 Å². The van der Waals surface area contributed by atoms with Crippen LogP contribution in [0.15, 0.2) is 29.2 Å². The quantitative estimate of drug-likeness (QED) is 0.708. The fourth-order valence-electron chi connectivity index (χ4n) is 2.75. The van der Waals surface area contributed by atoms with E-state index in [1.165, 1.54) is 7.11 Å². The highest BCUT2D eigenvalue weighted by Crippen LogP contribution is 2.26. The van der Waals surface area contributed by atoms with Gasteiger partial charge in [0.25, 0.3) is 0 Å². The van der Waals surface area contributed by atoms with Crippen molar-refractivity contribution in [3.8, 4) is 0 Å². The minimum atomic E-state index is -3.70. The Morgan fingerprint density at radius 3 is 2.43 bits per heavy atom. The largest absolute Gasteiger partial charge is 0.383 e. The van der Waals surface area contributed by atoms with Crippen LogP contribution in [0.2, 0.25) is 0 Å². The van der Waals surface area contributed by atoms with Gasteiger partial charge in [0.2, 0.25) is 0 Å². The summed E-state index contributed by atoms with van der Waals surface area (Å²) in [6.45, 7) is 2.80. The Hall–Kier alpha value is -0.960. The van der Waals surface area contributed by atoms with Gasteiger partial charge >= 0.3 is 0 Å². The van der Waals surface area contributed by atoms with Gasteiger partial charge in [-0.05, 0) is 24.1 Å². The summed E-state index contributed by atoms with van der Waals surface area (Å²) in [5.41, 5.74) is 1.04. The molecule has 23 heavy (non-hydrogen) atoms. The van der Waals surface area contributed by atoms with Crippen LogP contribution in [0.4, 0.5) is 0 Å². The monoisotopic (exact) mass is 361 g/mol. The van der Waals surface area contributed by atoms with E-state index in [2.05, 4.69) is 5.32 Å². The summed E-state index contributed by atoms with van der Waals surface area (Å²) in [5.74, 6) is -0.497. The van der Waals surface area contributed by atoms with Crippen LogP contribution in [0.5, 0.6) is 0 Å². The van der Waals surface area contributed by atoms with Gasteiger partial charge in [0.05, 0.1) is 28.3 Å². The van der Waals surface area contributed by atoms with E-state index in [0.29, 0.717) is 13.2 Å². The minimum Gasteiger partial charge on any atom is -0.383 e. The molecule has 0 unspecified atom stereocenters. The summed E-state index contributed by atoms with van der Waals surface area (Å²) in [7, 11) is -5.53. The van der Waals surface area contributed by atoms with Crippen molar-refractivity contribution in [3.05, 3.63) is 29.8 Å². The molecule has 0 aromatic heterocycles. The van der Waals surface area contributed by atoms with Crippen LogP contribution in [-0.2, 0) is 30.8 Å². The molecule has 0 spiro atoms. The molecule has 1 aromatic carbocycles. The van der Waals surface area contributed by atoms with E-state index in [0.717, 1.165) is 12.0 Å². The van der Waals surface area contributed by atoms with Gasteiger partial charge in [-0.2, -0.15) is 0 Å². The molecule has 8 heteroatoms. The zero-order valence-electron chi connectivity index (χ0n) is 13.4. The Bertz CT molecular complexity index is 726. The topological polar surface area (TPSA) is 89.5 Å². The van der Waals surface area contributed by atoms with E-state index in [4.69, 9.17) is 4.74 Å². The molecule has 2 atom stereocenters. The van der Waals surface area contributed by atoms with Gasteiger partial charge in [-0.3, -0.25) is 0 Å². The maximum atomic E-state index is 12.8. The van der Waals surface area contributed by atoms with Gasteiger partial charge < -0.3 is 10.1 Å². The molecule has 1 aliphatic rings. The third-order valence-electron chi connectivity index (χ3n) is 4.07. The molecule has 130 valence electrons.